The SMILES string of the molecule is CC(=O)N1c2ccccc2[C@H](Nc2ccccc2C#N)[C@@H](C)[C@@H]1O. The van der Waals surface area contributed by atoms with Gasteiger partial charge in [0.1, 0.15) is 12.3 Å². The highest BCUT2D eigenvalue weighted by molar-refractivity contribution is 5.93. The first kappa shape index (κ1) is 16.0. The molecule has 1 aliphatic rings. The van der Waals surface area contributed by atoms with E-state index in [2.05, 4.69) is 11.4 Å². The highest BCUT2D eigenvalue weighted by Crippen LogP contribution is 2.41. The highest BCUT2D eigenvalue weighted by Gasteiger charge is 2.39. The molecule has 5 nitrogen and oxygen atoms in total. The van der Waals surface area contributed by atoms with Gasteiger partial charge in [0, 0.05) is 12.8 Å². The number of fused-ring (bicyclic) bond motifs is 1. The smallest absolute Gasteiger partial charge is 0.225 e. The predicted octanol–water partition coefficient (Wildman–Crippen LogP) is 3.03. The number of carbonyl (C=O) groups excluding carboxylic acids is 1. The van der Waals surface area contributed by atoms with Crippen molar-refractivity contribution in [2.45, 2.75) is 26.1 Å². The van der Waals surface area contributed by atoms with Crippen LogP contribution in [0.1, 0.15) is 31.0 Å². The zero-order valence-corrected chi connectivity index (χ0v) is 13.6. The lowest BCUT2D eigenvalue weighted by Crippen LogP contribution is -2.49. The van der Waals surface area contributed by atoms with Crippen LogP contribution in [0, 0.1) is 17.2 Å². The summed E-state index contributed by atoms with van der Waals surface area (Å²) in [4.78, 5) is 13.4. The molecule has 2 aromatic carbocycles. The standard InChI is InChI=1S/C19H19N3O2/c1-12-18(21-16-9-5-3-7-14(16)11-20)15-8-4-6-10-17(15)22(13(2)23)19(12)24/h3-10,12,18-19,21,24H,1-2H3/t12-,18-,19+/m1/s1. The number of rotatable bonds is 2. The average molecular weight is 321 g/mol. The Balaban J connectivity index is 2.06. The summed E-state index contributed by atoms with van der Waals surface area (Å²) in [5.41, 5.74) is 2.89. The van der Waals surface area contributed by atoms with Gasteiger partial charge in [0.25, 0.3) is 0 Å². The number of amides is 1. The van der Waals surface area contributed by atoms with Gasteiger partial charge in [0.05, 0.1) is 23.0 Å². The fraction of sp³-hybridized carbons (Fsp3) is 0.263. The molecule has 5 heteroatoms. The van der Waals surface area contributed by atoms with E-state index >= 15 is 0 Å². The molecule has 0 spiro atoms. The first-order valence-corrected chi connectivity index (χ1v) is 7.87. The van der Waals surface area contributed by atoms with Crippen molar-refractivity contribution in [3.8, 4) is 6.07 Å². The molecule has 0 saturated carbocycles. The molecule has 3 atom stereocenters. The summed E-state index contributed by atoms with van der Waals surface area (Å²) in [7, 11) is 0. The maximum absolute atomic E-state index is 12.0. The van der Waals surface area contributed by atoms with E-state index in [0.717, 1.165) is 11.3 Å². The number of para-hydroxylation sites is 2. The number of hydrogen-bond acceptors (Lipinski definition) is 4. The summed E-state index contributed by atoms with van der Waals surface area (Å²) in [5.74, 6) is -0.437. The number of aliphatic hydroxyl groups is 1. The minimum Gasteiger partial charge on any atom is -0.377 e. The molecule has 122 valence electrons. The van der Waals surface area contributed by atoms with Crippen LogP contribution in [0.15, 0.2) is 48.5 Å². The second-order valence-electron chi connectivity index (χ2n) is 6.00. The van der Waals surface area contributed by atoms with Crippen molar-refractivity contribution >= 4 is 17.3 Å². The number of benzene rings is 2. The summed E-state index contributed by atoms with van der Waals surface area (Å²) >= 11 is 0. The maximum atomic E-state index is 12.0. The van der Waals surface area contributed by atoms with Crippen molar-refractivity contribution in [1.29, 1.82) is 5.26 Å². The second kappa shape index (κ2) is 6.34. The molecule has 0 aromatic heterocycles. The van der Waals surface area contributed by atoms with Gasteiger partial charge in [0.15, 0.2) is 0 Å². The number of nitrogens with one attached hydrogen (secondary N) is 1. The van der Waals surface area contributed by atoms with Crippen molar-refractivity contribution in [2.24, 2.45) is 5.92 Å². The summed E-state index contributed by atoms with van der Waals surface area (Å²) in [5, 5.41) is 23.3. The molecule has 1 amide bonds. The molecule has 2 aromatic rings. The van der Waals surface area contributed by atoms with E-state index in [-0.39, 0.29) is 17.9 Å². The number of carbonyl (C=O) groups is 1. The highest BCUT2D eigenvalue weighted by atomic mass is 16.3. The lowest BCUT2D eigenvalue weighted by molar-refractivity contribution is -0.119. The molecule has 3 rings (SSSR count). The normalized spacial score (nSPS) is 22.4. The van der Waals surface area contributed by atoms with Gasteiger partial charge in [0.2, 0.25) is 5.91 Å². The third-order valence-corrected chi connectivity index (χ3v) is 4.49. The molecule has 0 unspecified atom stereocenters. The van der Waals surface area contributed by atoms with Crippen molar-refractivity contribution in [3.05, 3.63) is 59.7 Å². The Morgan fingerprint density at radius 2 is 1.88 bits per heavy atom. The van der Waals surface area contributed by atoms with E-state index < -0.39 is 6.23 Å². The third-order valence-electron chi connectivity index (χ3n) is 4.49. The maximum Gasteiger partial charge on any atom is 0.225 e. The van der Waals surface area contributed by atoms with Crippen LogP contribution in [0.25, 0.3) is 0 Å². The predicted molar refractivity (Wildman–Crippen MR) is 92.3 cm³/mol. The Hall–Kier alpha value is -2.84. The summed E-state index contributed by atoms with van der Waals surface area (Å²) in [6.07, 6.45) is -0.927. The molecule has 0 bridgehead atoms. The van der Waals surface area contributed by atoms with Gasteiger partial charge in [-0.1, -0.05) is 37.3 Å². The number of nitrogens with zero attached hydrogens (tertiary/aromatic N) is 2. The monoisotopic (exact) mass is 321 g/mol. The van der Waals surface area contributed by atoms with Crippen molar-refractivity contribution < 1.29 is 9.90 Å². The lowest BCUT2D eigenvalue weighted by atomic mass is 9.86. The van der Waals surface area contributed by atoms with E-state index in [1.807, 2.05) is 49.4 Å². The van der Waals surface area contributed by atoms with Crippen LogP contribution in [-0.2, 0) is 4.79 Å². The Labute approximate surface area is 141 Å². The summed E-state index contributed by atoms with van der Waals surface area (Å²) in [6.45, 7) is 3.34. The second-order valence-corrected chi connectivity index (χ2v) is 6.00. The van der Waals surface area contributed by atoms with Gasteiger partial charge in [-0.25, -0.2) is 0 Å². The molecule has 0 aliphatic carbocycles. The molecule has 24 heavy (non-hydrogen) atoms. The Morgan fingerprint density at radius 1 is 1.21 bits per heavy atom. The van der Waals surface area contributed by atoms with Crippen LogP contribution in [0.2, 0.25) is 0 Å². The number of nitriles is 1. The fourth-order valence-corrected chi connectivity index (χ4v) is 3.24. The van der Waals surface area contributed by atoms with Crippen LogP contribution in [0.5, 0.6) is 0 Å². The minimum absolute atomic E-state index is 0.197. The van der Waals surface area contributed by atoms with Crippen LogP contribution < -0.4 is 10.2 Å². The quantitative estimate of drug-likeness (QED) is 0.891. The number of hydrogen-bond donors (Lipinski definition) is 2. The van der Waals surface area contributed by atoms with E-state index in [9.17, 15) is 15.2 Å². The topological polar surface area (TPSA) is 76.4 Å². The van der Waals surface area contributed by atoms with Crippen LogP contribution >= 0.6 is 0 Å². The molecule has 0 radical (unpaired) electrons. The Kier molecular flexibility index (Phi) is 4.24. The van der Waals surface area contributed by atoms with Crippen molar-refractivity contribution in [3.63, 3.8) is 0 Å². The van der Waals surface area contributed by atoms with Gasteiger partial charge in [-0.3, -0.25) is 9.69 Å². The van der Waals surface area contributed by atoms with E-state index in [1.54, 1.807) is 6.07 Å². The van der Waals surface area contributed by atoms with Gasteiger partial charge in [-0.05, 0) is 23.8 Å². The molecular weight excluding hydrogens is 302 g/mol. The third kappa shape index (κ3) is 2.61. The Morgan fingerprint density at radius 3 is 2.58 bits per heavy atom. The largest absolute Gasteiger partial charge is 0.377 e. The molecule has 0 fully saturated rings. The van der Waals surface area contributed by atoms with Crippen molar-refractivity contribution in [2.75, 3.05) is 10.2 Å². The van der Waals surface area contributed by atoms with E-state index in [0.29, 0.717) is 11.3 Å². The average Bonchev–Trinajstić information content (AvgIpc) is 2.59. The number of anilines is 2. The molecule has 2 N–H and O–H groups in total. The Bertz CT molecular complexity index is 812. The minimum atomic E-state index is -0.927. The molecule has 0 saturated heterocycles. The van der Waals surface area contributed by atoms with Crippen molar-refractivity contribution in [1.82, 2.24) is 0 Å². The zero-order chi connectivity index (χ0) is 17.3. The van der Waals surface area contributed by atoms with Crippen LogP contribution in [-0.4, -0.2) is 17.2 Å². The summed E-state index contributed by atoms with van der Waals surface area (Å²) < 4.78 is 0. The molecular formula is C19H19N3O2. The zero-order valence-electron chi connectivity index (χ0n) is 13.6. The lowest BCUT2D eigenvalue weighted by Gasteiger charge is -2.42. The van der Waals surface area contributed by atoms with E-state index in [1.165, 1.54) is 11.8 Å². The van der Waals surface area contributed by atoms with Gasteiger partial charge >= 0.3 is 0 Å². The first-order valence-electron chi connectivity index (χ1n) is 7.87. The van der Waals surface area contributed by atoms with E-state index in [4.69, 9.17) is 0 Å². The van der Waals surface area contributed by atoms with Crippen LogP contribution in [0.3, 0.4) is 0 Å². The molecule has 1 heterocycles. The number of aliphatic hydroxyl groups excluding tert-OH is 1. The first-order chi connectivity index (χ1) is 11.5. The molecule has 1 aliphatic heterocycles. The fourth-order valence-electron chi connectivity index (χ4n) is 3.24. The van der Waals surface area contributed by atoms with Gasteiger partial charge < -0.3 is 10.4 Å². The van der Waals surface area contributed by atoms with Gasteiger partial charge in [-0.2, -0.15) is 5.26 Å². The van der Waals surface area contributed by atoms with Crippen LogP contribution in [0.4, 0.5) is 11.4 Å². The van der Waals surface area contributed by atoms with Gasteiger partial charge in [-0.15, -0.1) is 0 Å². The summed E-state index contributed by atoms with van der Waals surface area (Å²) in [6, 6.07) is 16.8.